The molecular weight excluding hydrogens is 154 g/mol. The van der Waals surface area contributed by atoms with Crippen LogP contribution in [0.4, 0.5) is 0 Å². The van der Waals surface area contributed by atoms with Crippen LogP contribution in [0.25, 0.3) is 10.4 Å². The molecule has 68 valence electrons. The van der Waals surface area contributed by atoms with Gasteiger partial charge < -0.3 is 5.11 Å². The normalized spacial score (nSPS) is 35.7. The Morgan fingerprint density at radius 1 is 1.75 bits per heavy atom. The summed E-state index contributed by atoms with van der Waals surface area (Å²) in [5.74, 6) is 0.553. The van der Waals surface area contributed by atoms with Gasteiger partial charge in [-0.2, -0.15) is 0 Å². The van der Waals surface area contributed by atoms with Crippen molar-refractivity contribution in [2.24, 2.45) is 11.0 Å². The molecule has 0 aliphatic heterocycles. The number of hydrogen-bond acceptors (Lipinski definition) is 2. The number of rotatable bonds is 2. The Hall–Kier alpha value is -0.730. The van der Waals surface area contributed by atoms with Crippen molar-refractivity contribution in [3.8, 4) is 0 Å². The molecule has 1 saturated carbocycles. The topological polar surface area (TPSA) is 69.0 Å². The predicted octanol–water partition coefficient (Wildman–Crippen LogP) is 2.24. The van der Waals surface area contributed by atoms with Crippen LogP contribution in [0.2, 0.25) is 0 Å². The van der Waals surface area contributed by atoms with Gasteiger partial charge in [0.1, 0.15) is 0 Å². The Bertz CT molecular complexity index is 200. The summed E-state index contributed by atoms with van der Waals surface area (Å²) >= 11 is 0. The van der Waals surface area contributed by atoms with Gasteiger partial charge in [-0.15, -0.1) is 0 Å². The summed E-state index contributed by atoms with van der Waals surface area (Å²) < 4.78 is 0. The molecule has 0 spiro atoms. The Labute approximate surface area is 72.2 Å². The van der Waals surface area contributed by atoms with Gasteiger partial charge in [0.05, 0.1) is 12.1 Å². The highest BCUT2D eigenvalue weighted by molar-refractivity contribution is 4.86. The van der Waals surface area contributed by atoms with Crippen molar-refractivity contribution in [1.82, 2.24) is 0 Å². The summed E-state index contributed by atoms with van der Waals surface area (Å²) in [5.41, 5.74) is 7.41. The first-order chi connectivity index (χ1) is 5.66. The second-order valence-electron chi connectivity index (χ2n) is 3.81. The van der Waals surface area contributed by atoms with Crippen LogP contribution in [0, 0.1) is 5.92 Å². The van der Waals surface area contributed by atoms with Crippen molar-refractivity contribution in [2.75, 3.05) is 6.54 Å². The molecule has 4 nitrogen and oxygen atoms in total. The minimum Gasteiger partial charge on any atom is -0.390 e. The molecule has 0 unspecified atom stereocenters. The zero-order valence-corrected chi connectivity index (χ0v) is 7.40. The van der Waals surface area contributed by atoms with E-state index in [-0.39, 0.29) is 6.54 Å². The third-order valence-corrected chi connectivity index (χ3v) is 2.50. The molecule has 1 fully saturated rings. The molecule has 2 atom stereocenters. The van der Waals surface area contributed by atoms with E-state index in [0.29, 0.717) is 5.92 Å². The van der Waals surface area contributed by atoms with Crippen molar-refractivity contribution in [2.45, 2.75) is 38.2 Å². The molecule has 0 saturated heterocycles. The summed E-state index contributed by atoms with van der Waals surface area (Å²) in [6, 6.07) is 0. The van der Waals surface area contributed by atoms with Gasteiger partial charge in [0, 0.05) is 4.91 Å². The highest BCUT2D eigenvalue weighted by atomic mass is 16.3. The lowest BCUT2D eigenvalue weighted by Crippen LogP contribution is -2.37. The van der Waals surface area contributed by atoms with Crippen LogP contribution in [-0.4, -0.2) is 17.3 Å². The molecule has 0 aromatic rings. The van der Waals surface area contributed by atoms with Crippen LogP contribution >= 0.6 is 0 Å². The molecule has 1 rings (SSSR count). The quantitative estimate of drug-likeness (QED) is 0.384. The number of hydrogen-bond donors (Lipinski definition) is 1. The van der Waals surface area contributed by atoms with Crippen molar-refractivity contribution < 1.29 is 5.11 Å². The van der Waals surface area contributed by atoms with E-state index >= 15 is 0 Å². The second-order valence-corrected chi connectivity index (χ2v) is 3.81. The number of azide groups is 1. The predicted molar refractivity (Wildman–Crippen MR) is 46.6 cm³/mol. The fourth-order valence-electron chi connectivity index (χ4n) is 1.94. The second kappa shape index (κ2) is 3.78. The number of nitrogens with zero attached hydrogens (tertiary/aromatic N) is 3. The third kappa shape index (κ3) is 2.40. The lowest BCUT2D eigenvalue weighted by molar-refractivity contribution is -0.00433. The molecule has 0 aromatic carbocycles. The zero-order chi connectivity index (χ0) is 9.03. The van der Waals surface area contributed by atoms with Crippen molar-refractivity contribution >= 4 is 0 Å². The highest BCUT2D eigenvalue weighted by Crippen LogP contribution is 2.32. The van der Waals surface area contributed by atoms with E-state index in [0.717, 1.165) is 19.3 Å². The van der Waals surface area contributed by atoms with E-state index in [1.807, 2.05) is 0 Å². The average molecular weight is 169 g/mol. The largest absolute Gasteiger partial charge is 0.390 e. The van der Waals surface area contributed by atoms with Crippen LogP contribution in [0.3, 0.4) is 0 Å². The maximum absolute atomic E-state index is 9.91. The molecule has 0 bridgehead atoms. The maximum Gasteiger partial charge on any atom is 0.0706 e. The van der Waals surface area contributed by atoms with Crippen LogP contribution in [0.5, 0.6) is 0 Å². The van der Waals surface area contributed by atoms with Gasteiger partial charge in [-0.1, -0.05) is 24.9 Å². The SMILES string of the molecule is C[C@H]1CCC[C@@](O)(CN=[N+]=[N-])C1. The van der Waals surface area contributed by atoms with Gasteiger partial charge >= 0.3 is 0 Å². The van der Waals surface area contributed by atoms with E-state index in [1.165, 1.54) is 6.42 Å². The summed E-state index contributed by atoms with van der Waals surface area (Å²) in [6.45, 7) is 2.36. The molecule has 12 heavy (non-hydrogen) atoms. The van der Waals surface area contributed by atoms with Gasteiger partial charge in [-0.3, -0.25) is 0 Å². The first-order valence-corrected chi connectivity index (χ1v) is 4.39. The summed E-state index contributed by atoms with van der Waals surface area (Å²) in [5, 5.41) is 13.3. The van der Waals surface area contributed by atoms with E-state index in [4.69, 9.17) is 5.53 Å². The monoisotopic (exact) mass is 169 g/mol. The first kappa shape index (κ1) is 9.36. The smallest absolute Gasteiger partial charge is 0.0706 e. The lowest BCUT2D eigenvalue weighted by atomic mass is 9.79. The Balaban J connectivity index is 2.50. The molecule has 0 aromatic heterocycles. The highest BCUT2D eigenvalue weighted by Gasteiger charge is 2.31. The van der Waals surface area contributed by atoms with Gasteiger partial charge in [0.15, 0.2) is 0 Å². The molecule has 0 heterocycles. The maximum atomic E-state index is 9.91. The minimum atomic E-state index is -0.718. The van der Waals surface area contributed by atoms with Crippen molar-refractivity contribution in [3.05, 3.63) is 10.4 Å². The molecular formula is C8H15N3O. The lowest BCUT2D eigenvalue weighted by Gasteiger charge is -2.34. The zero-order valence-electron chi connectivity index (χ0n) is 7.40. The van der Waals surface area contributed by atoms with Gasteiger partial charge in [-0.25, -0.2) is 0 Å². The molecule has 1 aliphatic rings. The fourth-order valence-corrected chi connectivity index (χ4v) is 1.94. The van der Waals surface area contributed by atoms with Gasteiger partial charge in [-0.05, 0) is 24.3 Å². The Kier molecular flexibility index (Phi) is 2.95. The van der Waals surface area contributed by atoms with Crippen LogP contribution in [0.15, 0.2) is 5.11 Å². The van der Waals surface area contributed by atoms with E-state index in [1.54, 1.807) is 0 Å². The molecule has 0 amide bonds. The summed E-state index contributed by atoms with van der Waals surface area (Å²) in [7, 11) is 0. The van der Waals surface area contributed by atoms with Gasteiger partial charge in [0.25, 0.3) is 0 Å². The first-order valence-electron chi connectivity index (χ1n) is 4.39. The fraction of sp³-hybridized carbons (Fsp3) is 1.00. The number of aliphatic hydroxyl groups is 1. The third-order valence-electron chi connectivity index (χ3n) is 2.50. The van der Waals surface area contributed by atoms with E-state index < -0.39 is 5.60 Å². The minimum absolute atomic E-state index is 0.230. The molecule has 1 N–H and O–H groups in total. The Morgan fingerprint density at radius 3 is 3.08 bits per heavy atom. The molecule has 0 radical (unpaired) electrons. The summed E-state index contributed by atoms with van der Waals surface area (Å²) in [4.78, 5) is 2.67. The van der Waals surface area contributed by atoms with E-state index in [9.17, 15) is 5.11 Å². The van der Waals surface area contributed by atoms with Crippen molar-refractivity contribution in [1.29, 1.82) is 0 Å². The standard InChI is InChI=1S/C8H15N3O/c1-7-3-2-4-8(12,5-7)6-10-11-9/h7,12H,2-6H2,1H3/t7-,8-/m0/s1. The molecule has 1 aliphatic carbocycles. The van der Waals surface area contributed by atoms with Crippen LogP contribution in [-0.2, 0) is 0 Å². The molecule has 4 heteroatoms. The summed E-state index contributed by atoms with van der Waals surface area (Å²) in [6.07, 6.45) is 3.76. The van der Waals surface area contributed by atoms with Crippen molar-refractivity contribution in [3.63, 3.8) is 0 Å². The van der Waals surface area contributed by atoms with Gasteiger partial charge in [0.2, 0.25) is 0 Å². The van der Waals surface area contributed by atoms with Crippen LogP contribution < -0.4 is 0 Å². The van der Waals surface area contributed by atoms with E-state index in [2.05, 4.69) is 16.9 Å². The Morgan fingerprint density at radius 2 is 2.50 bits per heavy atom. The van der Waals surface area contributed by atoms with Crippen LogP contribution in [0.1, 0.15) is 32.6 Å². The average Bonchev–Trinajstić information content (AvgIpc) is 2.01.